The smallest absolute Gasteiger partial charge is 0.413 e. The van der Waals surface area contributed by atoms with Gasteiger partial charge in [0.15, 0.2) is 11.9 Å². The molecule has 2 aliphatic rings. The molecule has 3 atom stereocenters. The first kappa shape index (κ1) is 23.7. The molecule has 1 aliphatic heterocycles. The van der Waals surface area contributed by atoms with Crippen LogP contribution in [0, 0.1) is 23.2 Å². The maximum Gasteiger partial charge on any atom is 0.413 e. The molecule has 1 aliphatic carbocycles. The van der Waals surface area contributed by atoms with Gasteiger partial charge in [-0.15, -0.1) is 0 Å². The van der Waals surface area contributed by atoms with E-state index in [-0.39, 0.29) is 29.9 Å². The standard InChI is InChI=1S/C23H25F3N6O2/c1-14-21(28-10-20(30-14)23(24,25)26)32(22(33)34)12-17-4-2-3-16(7-17)11-31-13-29-18-6-5-15(9-27)8-19(18)31/h5-6,8,13,16-17,20H,2-4,7,10-12H2,1H3,(H,33,34). The molecule has 11 heteroatoms. The second-order valence-electron chi connectivity index (χ2n) is 8.94. The second-order valence-corrected chi connectivity index (χ2v) is 8.94. The molecule has 1 fully saturated rings. The fourth-order valence-electron chi connectivity index (χ4n) is 4.87. The average Bonchev–Trinajstić information content (AvgIpc) is 3.19. The minimum atomic E-state index is -4.51. The number of alkyl halides is 3. The number of benzene rings is 1. The maximum atomic E-state index is 13.0. The van der Waals surface area contributed by atoms with Crippen molar-refractivity contribution in [3.63, 3.8) is 0 Å². The van der Waals surface area contributed by atoms with Gasteiger partial charge in [0.2, 0.25) is 0 Å². The molecule has 8 nitrogen and oxygen atoms in total. The van der Waals surface area contributed by atoms with E-state index in [1.807, 2.05) is 16.7 Å². The number of nitrogens with zero attached hydrogens (tertiary/aromatic N) is 6. The number of carboxylic acid groups (broad SMARTS) is 1. The number of aromatic nitrogens is 2. The lowest BCUT2D eigenvalue weighted by Gasteiger charge is -2.33. The second kappa shape index (κ2) is 9.44. The Morgan fingerprint density at radius 2 is 2.09 bits per heavy atom. The van der Waals surface area contributed by atoms with Gasteiger partial charge in [-0.1, -0.05) is 6.42 Å². The summed E-state index contributed by atoms with van der Waals surface area (Å²) in [5.74, 6) is 0.338. The molecule has 1 aromatic carbocycles. The highest BCUT2D eigenvalue weighted by Gasteiger charge is 2.42. The largest absolute Gasteiger partial charge is 0.465 e. The Bertz CT molecular complexity index is 1180. The predicted molar refractivity (Wildman–Crippen MR) is 120 cm³/mol. The molecule has 180 valence electrons. The van der Waals surface area contributed by atoms with Crippen LogP contribution < -0.4 is 0 Å². The molecule has 3 unspecified atom stereocenters. The molecule has 0 spiro atoms. The predicted octanol–water partition coefficient (Wildman–Crippen LogP) is 4.50. The Balaban J connectivity index is 1.45. The van der Waals surface area contributed by atoms with Crippen molar-refractivity contribution < 1.29 is 23.1 Å². The van der Waals surface area contributed by atoms with E-state index in [9.17, 15) is 28.3 Å². The van der Waals surface area contributed by atoms with E-state index in [2.05, 4.69) is 21.0 Å². The van der Waals surface area contributed by atoms with E-state index in [0.29, 0.717) is 12.1 Å². The summed E-state index contributed by atoms with van der Waals surface area (Å²) in [5, 5.41) is 19.0. The van der Waals surface area contributed by atoms with Crippen molar-refractivity contribution in [1.29, 1.82) is 5.26 Å². The van der Waals surface area contributed by atoms with E-state index in [1.54, 1.807) is 12.4 Å². The zero-order valence-corrected chi connectivity index (χ0v) is 18.7. The lowest BCUT2D eigenvalue weighted by molar-refractivity contribution is -0.144. The number of imidazole rings is 1. The number of aliphatic imine (C=N–C) groups is 2. The first-order chi connectivity index (χ1) is 16.2. The molecule has 2 heterocycles. The number of nitriles is 1. The Morgan fingerprint density at radius 1 is 1.32 bits per heavy atom. The first-order valence-corrected chi connectivity index (χ1v) is 11.2. The van der Waals surface area contributed by atoms with Crippen LogP contribution in [-0.4, -0.2) is 62.5 Å². The minimum absolute atomic E-state index is 0.000222. The summed E-state index contributed by atoms with van der Waals surface area (Å²) in [6, 6.07) is 5.56. The maximum absolute atomic E-state index is 13.0. The summed E-state index contributed by atoms with van der Waals surface area (Å²) in [6.07, 6.45) is -0.483. The summed E-state index contributed by atoms with van der Waals surface area (Å²) < 4.78 is 41.0. The highest BCUT2D eigenvalue weighted by atomic mass is 19.4. The van der Waals surface area contributed by atoms with Gasteiger partial charge in [-0.25, -0.2) is 9.78 Å². The van der Waals surface area contributed by atoms with Crippen LogP contribution in [0.5, 0.6) is 0 Å². The summed E-state index contributed by atoms with van der Waals surface area (Å²) in [5.41, 5.74) is 2.24. The molecular weight excluding hydrogens is 449 g/mol. The normalized spacial score (nSPS) is 23.2. The number of halogens is 3. The van der Waals surface area contributed by atoms with Crippen LogP contribution in [0.3, 0.4) is 0 Å². The van der Waals surface area contributed by atoms with Crippen molar-refractivity contribution in [3.8, 4) is 6.07 Å². The van der Waals surface area contributed by atoms with E-state index in [0.717, 1.165) is 41.6 Å². The van der Waals surface area contributed by atoms with Crippen LogP contribution in [-0.2, 0) is 6.54 Å². The summed E-state index contributed by atoms with van der Waals surface area (Å²) in [7, 11) is 0. The number of amides is 1. The number of carbonyl (C=O) groups is 1. The van der Waals surface area contributed by atoms with Gasteiger partial charge in [0.1, 0.15) is 0 Å². The van der Waals surface area contributed by atoms with Crippen LogP contribution in [0.15, 0.2) is 34.5 Å². The third-order valence-corrected chi connectivity index (χ3v) is 6.49. The van der Waals surface area contributed by atoms with Crippen LogP contribution >= 0.6 is 0 Å². The van der Waals surface area contributed by atoms with Crippen LogP contribution in [0.4, 0.5) is 18.0 Å². The molecule has 0 bridgehead atoms. The van der Waals surface area contributed by atoms with Crippen LogP contribution in [0.2, 0.25) is 0 Å². The lowest BCUT2D eigenvalue weighted by atomic mass is 9.81. The van der Waals surface area contributed by atoms with Crippen molar-refractivity contribution in [2.75, 3.05) is 13.1 Å². The number of rotatable bonds is 4. The molecule has 2 aromatic rings. The molecule has 1 amide bonds. The van der Waals surface area contributed by atoms with Gasteiger partial charge < -0.3 is 9.67 Å². The monoisotopic (exact) mass is 474 g/mol. The highest BCUT2D eigenvalue weighted by Crippen LogP contribution is 2.32. The lowest BCUT2D eigenvalue weighted by Crippen LogP contribution is -2.47. The van der Waals surface area contributed by atoms with Gasteiger partial charge in [0.05, 0.1) is 41.2 Å². The highest BCUT2D eigenvalue weighted by molar-refractivity contribution is 6.42. The summed E-state index contributed by atoms with van der Waals surface area (Å²) in [4.78, 5) is 25.0. The van der Waals surface area contributed by atoms with Gasteiger partial charge in [-0.2, -0.15) is 18.4 Å². The van der Waals surface area contributed by atoms with Crippen molar-refractivity contribution in [1.82, 2.24) is 14.5 Å². The van der Waals surface area contributed by atoms with Crippen molar-refractivity contribution >= 4 is 28.7 Å². The molecule has 1 saturated carbocycles. The Morgan fingerprint density at radius 3 is 2.76 bits per heavy atom. The van der Waals surface area contributed by atoms with Crippen molar-refractivity contribution in [3.05, 3.63) is 30.1 Å². The third-order valence-electron chi connectivity index (χ3n) is 6.49. The summed E-state index contributed by atoms with van der Waals surface area (Å²) >= 11 is 0. The SMILES string of the molecule is CC1=NC(C(F)(F)F)CN=C1N(CC1CCCC(Cn2cnc3ccc(C#N)cc32)C1)C(=O)O. The fraction of sp³-hybridized carbons (Fsp3) is 0.522. The van der Waals surface area contributed by atoms with Gasteiger partial charge in [0.25, 0.3) is 0 Å². The molecule has 4 rings (SSSR count). The van der Waals surface area contributed by atoms with E-state index < -0.39 is 24.9 Å². The number of hydrogen-bond acceptors (Lipinski definition) is 5. The zero-order chi connectivity index (χ0) is 24.5. The molecule has 0 saturated heterocycles. The van der Waals surface area contributed by atoms with Crippen LogP contribution in [0.1, 0.15) is 38.2 Å². The molecule has 1 N–H and O–H groups in total. The Hall–Kier alpha value is -3.42. The molecule has 1 aromatic heterocycles. The van der Waals surface area contributed by atoms with Crippen molar-refractivity contribution in [2.24, 2.45) is 21.8 Å². The number of fused-ring (bicyclic) bond motifs is 1. The topological polar surface area (TPSA) is 107 Å². The molecule has 0 radical (unpaired) electrons. The zero-order valence-electron chi connectivity index (χ0n) is 18.7. The number of hydrogen-bond donors (Lipinski definition) is 1. The van der Waals surface area contributed by atoms with E-state index in [4.69, 9.17) is 0 Å². The van der Waals surface area contributed by atoms with Gasteiger partial charge in [-0.3, -0.25) is 14.9 Å². The number of amidine groups is 1. The third kappa shape index (κ3) is 5.05. The Kier molecular flexibility index (Phi) is 6.59. The van der Waals surface area contributed by atoms with E-state index >= 15 is 0 Å². The fourth-order valence-corrected chi connectivity index (χ4v) is 4.87. The molecule has 34 heavy (non-hydrogen) atoms. The Labute approximate surface area is 194 Å². The quantitative estimate of drug-likeness (QED) is 0.704. The minimum Gasteiger partial charge on any atom is -0.465 e. The van der Waals surface area contributed by atoms with Gasteiger partial charge in [0, 0.05) is 13.1 Å². The van der Waals surface area contributed by atoms with Crippen LogP contribution in [0.25, 0.3) is 11.0 Å². The van der Waals surface area contributed by atoms with Gasteiger partial charge >= 0.3 is 12.3 Å². The first-order valence-electron chi connectivity index (χ1n) is 11.2. The summed E-state index contributed by atoms with van der Waals surface area (Å²) in [6.45, 7) is 1.63. The van der Waals surface area contributed by atoms with Crippen molar-refractivity contribution in [2.45, 2.75) is 51.4 Å². The van der Waals surface area contributed by atoms with E-state index in [1.165, 1.54) is 6.92 Å². The average molecular weight is 474 g/mol. The van der Waals surface area contributed by atoms with Gasteiger partial charge in [-0.05, 0) is 56.2 Å². The molecular formula is C23H25F3N6O2.